The van der Waals surface area contributed by atoms with Gasteiger partial charge in [0.05, 0.1) is 33.4 Å². The molecular weight excluding hydrogens is 1660 g/mol. The third-order valence-corrected chi connectivity index (χ3v) is 22.2. The van der Waals surface area contributed by atoms with E-state index in [-0.39, 0.29) is 20.1 Å². The summed E-state index contributed by atoms with van der Waals surface area (Å²) >= 11 is 0. The second kappa shape index (κ2) is 33.5. The van der Waals surface area contributed by atoms with Gasteiger partial charge in [0.2, 0.25) is 0 Å². The van der Waals surface area contributed by atoms with Gasteiger partial charge in [0, 0.05) is 34.7 Å². The molecule has 0 aliphatic carbocycles. The van der Waals surface area contributed by atoms with Crippen LogP contribution in [0, 0.1) is 73.0 Å². The van der Waals surface area contributed by atoms with Gasteiger partial charge in [-0.2, -0.15) is 15.8 Å². The first kappa shape index (κ1) is 76.6. The van der Waals surface area contributed by atoms with Crippen LogP contribution in [0.5, 0.6) is 0 Å². The van der Waals surface area contributed by atoms with Crippen molar-refractivity contribution >= 4 is 65.8 Å². The van der Waals surface area contributed by atoms with Gasteiger partial charge in [0.1, 0.15) is 35.0 Å². The maximum Gasteiger partial charge on any atom is 3.00 e. The molecule has 0 atom stereocenters. The predicted octanol–water partition coefficient (Wildman–Crippen LogP) is 28.9. The van der Waals surface area contributed by atoms with E-state index in [1.54, 1.807) is 18.6 Å². The van der Waals surface area contributed by atoms with Gasteiger partial charge in [-0.1, -0.05) is 341 Å². The van der Waals surface area contributed by atoms with E-state index in [9.17, 15) is 15.8 Å². The summed E-state index contributed by atoms with van der Waals surface area (Å²) in [5.41, 5.74) is 33.4. The van der Waals surface area contributed by atoms with Gasteiger partial charge in [-0.05, 0) is 156 Å². The van der Waals surface area contributed by atoms with Gasteiger partial charge in [0.15, 0.2) is 0 Å². The third kappa shape index (κ3) is 15.4. The molecule has 6 aromatic heterocycles. The van der Waals surface area contributed by atoms with Crippen LogP contribution in [0.15, 0.2) is 378 Å². The van der Waals surface area contributed by atoms with Crippen LogP contribution in [0.3, 0.4) is 0 Å². The third-order valence-electron chi connectivity index (χ3n) is 22.2. The van der Waals surface area contributed by atoms with Crippen LogP contribution in [0.25, 0.3) is 200 Å². The number of benzene rings is 15. The maximum atomic E-state index is 9.86. The molecular formula is C111H69IrN6O3. The minimum atomic E-state index is 0. The molecule has 0 saturated carbocycles. The second-order valence-corrected chi connectivity index (χ2v) is 29.8. The molecule has 0 amide bonds. The normalized spacial score (nSPS) is 11.0. The van der Waals surface area contributed by atoms with Gasteiger partial charge in [0.25, 0.3) is 0 Å². The number of fused-ring (bicyclic) bond motifs is 9. The van der Waals surface area contributed by atoms with Crippen molar-refractivity contribution in [2.45, 2.75) is 20.8 Å². The number of aromatic nitrogens is 3. The first-order valence-electron chi connectivity index (χ1n) is 39.5. The van der Waals surface area contributed by atoms with Gasteiger partial charge < -0.3 is 28.2 Å². The van der Waals surface area contributed by atoms with E-state index in [1.165, 1.54) is 16.7 Å². The largest absolute Gasteiger partial charge is 3.00 e. The van der Waals surface area contributed by atoms with E-state index in [1.807, 2.05) is 109 Å². The zero-order chi connectivity index (χ0) is 81.2. The molecule has 9 nitrogen and oxygen atoms in total. The number of nitrogens with zero attached hydrogens (tertiary/aromatic N) is 6. The van der Waals surface area contributed by atoms with Crippen molar-refractivity contribution < 1.29 is 33.4 Å². The molecule has 21 rings (SSSR count). The van der Waals surface area contributed by atoms with Crippen LogP contribution in [0.2, 0.25) is 0 Å². The van der Waals surface area contributed by atoms with Gasteiger partial charge in [-0.25, -0.2) is 0 Å². The van der Waals surface area contributed by atoms with Crippen LogP contribution >= 0.6 is 0 Å². The SMILES string of the molecule is Cc1ccc(-c2ccc3c(c2)oc2c(-c4cc(-c5ccc(-c6ccccc6)cc5)c(C#N)cn4)[c-]ccc23)cc1.Cc1ccc(-c2ccc3c(c2)oc2c(-c4cc(-c5ccc(-c6ccccc6)cc5)c(C#N)cn4)[c-]ccc23)cc1.Cc1ccc(-c2ccc3c(c2)oc2c(-c4cc(-c5ccc(-c6ccccc6)cc5)c(C#N)cn4)[c-]ccc23)cc1.[Ir+3]. The zero-order valence-corrected chi connectivity index (χ0v) is 68.3. The van der Waals surface area contributed by atoms with Crippen LogP contribution in [-0.4, -0.2) is 15.0 Å². The molecule has 15 aromatic carbocycles. The van der Waals surface area contributed by atoms with E-state index in [0.29, 0.717) is 33.8 Å². The van der Waals surface area contributed by atoms with Crippen molar-refractivity contribution in [3.8, 4) is 152 Å². The summed E-state index contributed by atoms with van der Waals surface area (Å²) < 4.78 is 19.4. The predicted molar refractivity (Wildman–Crippen MR) is 485 cm³/mol. The fourth-order valence-electron chi connectivity index (χ4n) is 15.8. The number of nitriles is 3. The molecule has 570 valence electrons. The van der Waals surface area contributed by atoms with Gasteiger partial charge >= 0.3 is 20.1 Å². The van der Waals surface area contributed by atoms with Crippen molar-refractivity contribution in [3.63, 3.8) is 0 Å². The van der Waals surface area contributed by atoms with Gasteiger partial charge in [-0.15, -0.1) is 54.6 Å². The minimum Gasteiger partial charge on any atom is -0.501 e. The summed E-state index contributed by atoms with van der Waals surface area (Å²) in [7, 11) is 0. The Morgan fingerprint density at radius 1 is 0.240 bits per heavy atom. The summed E-state index contributed by atoms with van der Waals surface area (Å²) in [6.07, 6.45) is 4.92. The molecule has 0 saturated heterocycles. The van der Waals surface area contributed by atoms with Crippen molar-refractivity contribution in [1.29, 1.82) is 15.8 Å². The first-order valence-corrected chi connectivity index (χ1v) is 39.5. The smallest absolute Gasteiger partial charge is 0.501 e. The van der Waals surface area contributed by atoms with Crippen LogP contribution in [0.4, 0.5) is 0 Å². The standard InChI is InChI=1S/3C37H23N2O.Ir/c3*1-24-10-12-27(13-11-24)29-18-19-31-32-8-5-9-33(37(32)40-36(31)20-29)35-21-34(30(22-38)23-39-35)28-16-14-26(15-17-28)25-6-3-2-4-7-25;/h3*2-8,10-21,23H,1H3;/q3*-1;+3. The first-order chi connectivity index (χ1) is 59.0. The molecule has 0 fully saturated rings. The molecule has 6 heterocycles. The van der Waals surface area contributed by atoms with Crippen LogP contribution in [-0.2, 0) is 20.1 Å². The molecule has 0 aliphatic heterocycles. The second-order valence-electron chi connectivity index (χ2n) is 29.8. The number of hydrogen-bond acceptors (Lipinski definition) is 9. The summed E-state index contributed by atoms with van der Waals surface area (Å²) in [5, 5.41) is 35.8. The van der Waals surface area contributed by atoms with E-state index < -0.39 is 0 Å². The Hall–Kier alpha value is -15.7. The molecule has 0 N–H and O–H groups in total. The summed E-state index contributed by atoms with van der Waals surface area (Å²) in [4.78, 5) is 14.0. The van der Waals surface area contributed by atoms with Crippen molar-refractivity contribution in [2.75, 3.05) is 0 Å². The van der Waals surface area contributed by atoms with Crippen molar-refractivity contribution in [3.05, 3.63) is 416 Å². The van der Waals surface area contributed by atoms with E-state index in [2.05, 4.69) is 309 Å². The van der Waals surface area contributed by atoms with Crippen molar-refractivity contribution in [2.24, 2.45) is 0 Å². The summed E-state index contributed by atoms with van der Waals surface area (Å²) in [5.74, 6) is 0. The topological polar surface area (TPSA) is 149 Å². The van der Waals surface area contributed by atoms with Crippen LogP contribution in [0.1, 0.15) is 33.4 Å². The fourth-order valence-corrected chi connectivity index (χ4v) is 15.8. The Labute approximate surface area is 713 Å². The van der Waals surface area contributed by atoms with Crippen molar-refractivity contribution in [1.82, 2.24) is 15.0 Å². The molecule has 0 bridgehead atoms. The molecule has 21 aromatic rings. The summed E-state index contributed by atoms with van der Waals surface area (Å²) in [6.45, 7) is 6.27. The molecule has 0 aliphatic rings. The van der Waals surface area contributed by atoms with E-state index in [4.69, 9.17) is 13.3 Å². The number of pyridine rings is 3. The average Bonchev–Trinajstić information content (AvgIpc) is 1.63. The molecule has 121 heavy (non-hydrogen) atoms. The molecule has 0 unspecified atom stereocenters. The monoisotopic (exact) mass is 1730 g/mol. The number of rotatable bonds is 12. The number of hydrogen-bond donors (Lipinski definition) is 0. The Balaban J connectivity index is 0.000000124. The number of aryl methyl sites for hydroxylation is 3. The van der Waals surface area contributed by atoms with E-state index >= 15 is 0 Å². The Kier molecular flexibility index (Phi) is 21.2. The Morgan fingerprint density at radius 3 is 0.719 bits per heavy atom. The van der Waals surface area contributed by atoms with Gasteiger partial charge in [-0.3, -0.25) is 0 Å². The quantitative estimate of drug-likeness (QED) is 0.109. The zero-order valence-electron chi connectivity index (χ0n) is 65.9. The maximum absolute atomic E-state index is 9.86. The molecule has 10 heteroatoms. The summed E-state index contributed by atoms with van der Waals surface area (Å²) in [6, 6.07) is 135. The minimum absolute atomic E-state index is 0. The van der Waals surface area contributed by atoms with Crippen LogP contribution < -0.4 is 0 Å². The fraction of sp³-hybridized carbons (Fsp3) is 0.0270. The Bertz CT molecular complexity index is 6870. The molecule has 0 spiro atoms. The Morgan fingerprint density at radius 2 is 0.463 bits per heavy atom. The number of furan rings is 3. The van der Waals surface area contributed by atoms with E-state index in [0.717, 1.165) is 183 Å². The average molecular weight is 1730 g/mol. The molecule has 0 radical (unpaired) electrons.